The van der Waals surface area contributed by atoms with Crippen LogP contribution in [0.2, 0.25) is 0 Å². The van der Waals surface area contributed by atoms with Crippen molar-refractivity contribution in [2.45, 2.75) is 25.7 Å². The Hall–Kier alpha value is -1.46. The molecule has 0 aliphatic carbocycles. The van der Waals surface area contributed by atoms with Gasteiger partial charge in [0.15, 0.2) is 0 Å². The third-order valence-corrected chi connectivity index (χ3v) is 3.17. The van der Waals surface area contributed by atoms with Crippen LogP contribution < -0.4 is 9.80 Å². The highest BCUT2D eigenvalue weighted by atomic mass is 19.4. The molecule has 0 spiro atoms. The van der Waals surface area contributed by atoms with Crippen LogP contribution in [0.15, 0.2) is 12.3 Å². The van der Waals surface area contributed by atoms with Gasteiger partial charge in [-0.15, -0.1) is 0 Å². The fourth-order valence-corrected chi connectivity index (χ4v) is 2.28. The number of anilines is 2. The van der Waals surface area contributed by atoms with E-state index in [-0.39, 0.29) is 6.17 Å². The van der Waals surface area contributed by atoms with Crippen LogP contribution in [0.1, 0.15) is 19.0 Å². The second-order valence-corrected chi connectivity index (χ2v) is 4.17. The molecule has 0 radical (unpaired) electrons. The summed E-state index contributed by atoms with van der Waals surface area (Å²) in [4.78, 5) is 7.28. The molecule has 0 saturated heterocycles. The molecule has 1 aliphatic heterocycles. The lowest BCUT2D eigenvalue weighted by atomic mass is 10.2. The van der Waals surface area contributed by atoms with Gasteiger partial charge in [-0.3, -0.25) is 0 Å². The summed E-state index contributed by atoms with van der Waals surface area (Å²) < 4.78 is 37.7. The molecule has 2 heterocycles. The van der Waals surface area contributed by atoms with Crippen LogP contribution >= 0.6 is 0 Å². The van der Waals surface area contributed by atoms with Gasteiger partial charge in [0, 0.05) is 14.1 Å². The number of alkyl halides is 3. The zero-order chi connectivity index (χ0) is 12.8. The maximum Gasteiger partial charge on any atom is 0.433 e. The third kappa shape index (κ3) is 1.81. The molecule has 1 aliphatic rings. The molecule has 1 unspecified atom stereocenters. The van der Waals surface area contributed by atoms with Gasteiger partial charge in [0.25, 0.3) is 0 Å². The predicted octanol–water partition coefficient (Wildman–Crippen LogP) is 2.72. The van der Waals surface area contributed by atoms with Crippen molar-refractivity contribution in [3.05, 3.63) is 18.0 Å². The summed E-state index contributed by atoms with van der Waals surface area (Å²) in [5.74, 6) is 0. The number of pyridine rings is 1. The third-order valence-electron chi connectivity index (χ3n) is 3.17. The maximum atomic E-state index is 12.6. The number of aromatic nitrogens is 1. The first-order chi connectivity index (χ1) is 7.86. The highest BCUT2D eigenvalue weighted by Gasteiger charge is 2.37. The molecule has 1 atom stereocenters. The first-order valence-electron chi connectivity index (χ1n) is 5.39. The summed E-state index contributed by atoms with van der Waals surface area (Å²) in [6, 6.07) is 1.11. The summed E-state index contributed by atoms with van der Waals surface area (Å²) in [5.41, 5.74) is 0.488. The Morgan fingerprint density at radius 2 is 1.82 bits per heavy atom. The Kier molecular flexibility index (Phi) is 2.67. The largest absolute Gasteiger partial charge is 0.433 e. The van der Waals surface area contributed by atoms with Gasteiger partial charge in [-0.1, -0.05) is 6.92 Å². The van der Waals surface area contributed by atoms with Crippen molar-refractivity contribution < 1.29 is 13.2 Å². The van der Waals surface area contributed by atoms with E-state index in [1.54, 1.807) is 7.05 Å². The molecule has 6 heteroatoms. The number of halogens is 3. The lowest BCUT2D eigenvalue weighted by molar-refractivity contribution is -0.141. The standard InChI is InChI=1S/C11H14F3N3/c1-4-10-16(2)7-5-9(11(12,13)14)15-6-8(7)17(10)3/h5-6,10H,4H2,1-3H3. The molecule has 0 amide bonds. The Bertz CT molecular complexity index is 430. The molecular formula is C11H14F3N3. The highest BCUT2D eigenvalue weighted by Crippen LogP contribution is 2.40. The van der Waals surface area contributed by atoms with E-state index in [0.29, 0.717) is 5.69 Å². The minimum Gasteiger partial charge on any atom is -0.353 e. The Balaban J connectivity index is 2.46. The molecule has 2 rings (SSSR count). The second-order valence-electron chi connectivity index (χ2n) is 4.17. The monoisotopic (exact) mass is 245 g/mol. The summed E-state index contributed by atoms with van der Waals surface area (Å²) in [5, 5.41) is 0. The number of fused-ring (bicyclic) bond motifs is 1. The zero-order valence-electron chi connectivity index (χ0n) is 9.91. The van der Waals surface area contributed by atoms with Crippen molar-refractivity contribution in [2.24, 2.45) is 0 Å². The van der Waals surface area contributed by atoms with Crippen molar-refractivity contribution in [3.8, 4) is 0 Å². The second kappa shape index (κ2) is 3.78. The van der Waals surface area contributed by atoms with Crippen molar-refractivity contribution >= 4 is 11.4 Å². The van der Waals surface area contributed by atoms with Gasteiger partial charge >= 0.3 is 6.18 Å². The summed E-state index contributed by atoms with van der Waals surface area (Å²) in [6.45, 7) is 2.00. The maximum absolute atomic E-state index is 12.6. The minimum atomic E-state index is -4.39. The van der Waals surface area contributed by atoms with Gasteiger partial charge in [-0.25, -0.2) is 4.98 Å². The molecule has 0 fully saturated rings. The zero-order valence-corrected chi connectivity index (χ0v) is 9.91. The number of rotatable bonds is 1. The van der Waals surface area contributed by atoms with Gasteiger partial charge in [-0.2, -0.15) is 13.2 Å². The predicted molar refractivity (Wildman–Crippen MR) is 60.1 cm³/mol. The minimum absolute atomic E-state index is 0.0929. The molecule has 3 nitrogen and oxygen atoms in total. The van der Waals surface area contributed by atoms with Crippen LogP contribution in [0.5, 0.6) is 0 Å². The van der Waals surface area contributed by atoms with E-state index < -0.39 is 11.9 Å². The van der Waals surface area contributed by atoms with E-state index in [2.05, 4.69) is 4.98 Å². The molecule has 17 heavy (non-hydrogen) atoms. The van der Waals surface area contributed by atoms with E-state index in [0.717, 1.165) is 18.2 Å². The van der Waals surface area contributed by atoms with Gasteiger partial charge in [-0.05, 0) is 12.5 Å². The van der Waals surface area contributed by atoms with Crippen LogP contribution in [0, 0.1) is 0 Å². The molecule has 0 saturated carbocycles. The summed E-state index contributed by atoms with van der Waals surface area (Å²) in [6.07, 6.45) is -2.16. The fraction of sp³-hybridized carbons (Fsp3) is 0.545. The molecule has 1 aromatic heterocycles. The van der Waals surface area contributed by atoms with E-state index in [1.807, 2.05) is 23.8 Å². The van der Waals surface area contributed by atoms with Crippen LogP contribution in [0.4, 0.5) is 24.5 Å². The molecule has 0 bridgehead atoms. The molecule has 1 aromatic rings. The van der Waals surface area contributed by atoms with Gasteiger partial charge in [0.05, 0.1) is 17.6 Å². The SMILES string of the molecule is CCC1N(C)c2cnc(C(F)(F)F)cc2N1C. The van der Waals surface area contributed by atoms with Gasteiger partial charge in [0.2, 0.25) is 0 Å². The Labute approximate surface area is 97.9 Å². The lowest BCUT2D eigenvalue weighted by Crippen LogP contribution is -2.38. The van der Waals surface area contributed by atoms with E-state index in [1.165, 1.54) is 6.20 Å². The van der Waals surface area contributed by atoms with Crippen molar-refractivity contribution in [1.29, 1.82) is 0 Å². The first-order valence-corrected chi connectivity index (χ1v) is 5.39. The van der Waals surface area contributed by atoms with E-state index in [4.69, 9.17) is 0 Å². The summed E-state index contributed by atoms with van der Waals surface area (Å²) in [7, 11) is 3.67. The summed E-state index contributed by atoms with van der Waals surface area (Å²) >= 11 is 0. The van der Waals surface area contributed by atoms with E-state index >= 15 is 0 Å². The van der Waals surface area contributed by atoms with Gasteiger partial charge < -0.3 is 9.80 Å². The van der Waals surface area contributed by atoms with Crippen LogP contribution in [-0.4, -0.2) is 25.2 Å². The molecule has 0 aromatic carbocycles. The van der Waals surface area contributed by atoms with Crippen LogP contribution in [0.3, 0.4) is 0 Å². The molecular weight excluding hydrogens is 231 g/mol. The first kappa shape index (κ1) is 12.0. The van der Waals surface area contributed by atoms with Gasteiger partial charge in [0.1, 0.15) is 11.9 Å². The van der Waals surface area contributed by atoms with Crippen molar-refractivity contribution in [1.82, 2.24) is 4.98 Å². The smallest absolute Gasteiger partial charge is 0.353 e. The number of hydrogen-bond acceptors (Lipinski definition) is 3. The number of hydrogen-bond donors (Lipinski definition) is 0. The highest BCUT2D eigenvalue weighted by molar-refractivity contribution is 5.76. The normalized spacial score (nSPS) is 19.8. The fourth-order valence-electron chi connectivity index (χ4n) is 2.28. The Morgan fingerprint density at radius 3 is 2.35 bits per heavy atom. The molecule has 0 N–H and O–H groups in total. The lowest BCUT2D eigenvalue weighted by Gasteiger charge is -2.26. The average Bonchev–Trinajstić information content (AvgIpc) is 2.50. The van der Waals surface area contributed by atoms with E-state index in [9.17, 15) is 13.2 Å². The van der Waals surface area contributed by atoms with Crippen molar-refractivity contribution in [2.75, 3.05) is 23.9 Å². The topological polar surface area (TPSA) is 19.4 Å². The Morgan fingerprint density at radius 1 is 1.24 bits per heavy atom. The molecule has 94 valence electrons. The number of nitrogens with zero attached hydrogens (tertiary/aromatic N) is 3. The van der Waals surface area contributed by atoms with Crippen LogP contribution in [0.25, 0.3) is 0 Å². The van der Waals surface area contributed by atoms with Crippen LogP contribution in [-0.2, 0) is 6.18 Å². The average molecular weight is 245 g/mol. The quantitative estimate of drug-likeness (QED) is 0.758. The van der Waals surface area contributed by atoms with Crippen molar-refractivity contribution in [3.63, 3.8) is 0 Å².